The van der Waals surface area contributed by atoms with Crippen molar-refractivity contribution in [1.82, 2.24) is 0 Å². The van der Waals surface area contributed by atoms with Crippen molar-refractivity contribution >= 4 is 32.0 Å². The molecule has 1 unspecified atom stereocenters. The molecule has 2 atom stereocenters. The number of carbonyl (C=O) groups is 1. The maximum absolute atomic E-state index is 14.2. The highest BCUT2D eigenvalue weighted by Gasteiger charge is 2.52. The minimum absolute atomic E-state index is 0.0559. The van der Waals surface area contributed by atoms with E-state index >= 15 is 0 Å². The monoisotopic (exact) mass is 646 g/mol. The summed E-state index contributed by atoms with van der Waals surface area (Å²) in [6.45, 7) is 13.7. The summed E-state index contributed by atoms with van der Waals surface area (Å²) in [4.78, 5) is 12.2. The number of hydrogen-bond donors (Lipinski definition) is 1. The van der Waals surface area contributed by atoms with Crippen molar-refractivity contribution < 1.29 is 27.8 Å². The Morgan fingerprint density at radius 3 is 1.98 bits per heavy atom. The Labute approximate surface area is 268 Å². The molecule has 0 saturated heterocycles. The lowest BCUT2D eigenvalue weighted by Gasteiger charge is -2.45. The molecule has 0 aliphatic heterocycles. The maximum atomic E-state index is 14.2. The van der Waals surface area contributed by atoms with E-state index < -0.39 is 27.8 Å². The molecule has 4 rings (SSSR count). The van der Waals surface area contributed by atoms with E-state index in [2.05, 4.69) is 20.8 Å². The summed E-state index contributed by atoms with van der Waals surface area (Å²) in [7, 11) is -6.49. The van der Waals surface area contributed by atoms with E-state index in [0.29, 0.717) is 5.56 Å². The van der Waals surface area contributed by atoms with Gasteiger partial charge in [0.05, 0.1) is 25.3 Å². The minimum atomic E-state index is -3.38. The molecule has 8 heteroatoms. The number of hydrogen-bond acceptors (Lipinski definition) is 4. The van der Waals surface area contributed by atoms with Crippen LogP contribution < -0.4 is 10.4 Å². The normalized spacial score (nSPS) is 14.1. The van der Waals surface area contributed by atoms with E-state index in [1.54, 1.807) is 25.7 Å². The van der Waals surface area contributed by atoms with Gasteiger partial charge in [0.15, 0.2) is 0 Å². The quantitative estimate of drug-likeness (QED) is 0.124. The summed E-state index contributed by atoms with van der Waals surface area (Å²) < 4.78 is 41.6. The van der Waals surface area contributed by atoms with Gasteiger partial charge in [-0.3, -0.25) is 9.36 Å². The Hall–Kier alpha value is -3.35. The number of benzene rings is 4. The predicted octanol–water partition coefficient (Wildman–Crippen LogP) is 8.26. The number of carboxylic acids is 1. The van der Waals surface area contributed by atoms with E-state index in [1.807, 2.05) is 86.6 Å². The zero-order valence-electron chi connectivity index (χ0n) is 27.3. The van der Waals surface area contributed by atoms with Gasteiger partial charge in [0.25, 0.3) is 8.32 Å². The molecule has 0 saturated carbocycles. The highest BCUT2D eigenvalue weighted by Crippen LogP contribution is 2.47. The molecule has 238 valence electrons. The van der Waals surface area contributed by atoms with Crippen molar-refractivity contribution in [2.45, 2.75) is 65.7 Å². The van der Waals surface area contributed by atoms with Gasteiger partial charge in [0.2, 0.25) is 7.37 Å². The topological polar surface area (TPSA) is 72.8 Å². The second-order valence-corrected chi connectivity index (χ2v) is 19.9. The molecule has 1 N–H and O–H groups in total. The Morgan fingerprint density at radius 2 is 1.47 bits per heavy atom. The van der Waals surface area contributed by atoms with Gasteiger partial charge in [0.1, 0.15) is 5.82 Å². The fraction of sp³-hybridized carbons (Fsp3) is 0.324. The van der Waals surface area contributed by atoms with Crippen LogP contribution in [0.2, 0.25) is 5.04 Å². The Kier molecular flexibility index (Phi) is 10.7. The number of aliphatic carboxylic acids is 1. The van der Waals surface area contributed by atoms with Gasteiger partial charge in [-0.25, -0.2) is 4.39 Å². The average molecular weight is 647 g/mol. The Bertz CT molecular complexity index is 1650. The molecule has 45 heavy (non-hydrogen) atoms. The molecule has 0 amide bonds. The largest absolute Gasteiger partial charge is 0.481 e. The van der Waals surface area contributed by atoms with E-state index in [1.165, 1.54) is 6.07 Å². The van der Waals surface area contributed by atoms with Crippen LogP contribution in [0.25, 0.3) is 11.1 Å². The highest BCUT2D eigenvalue weighted by atomic mass is 31.2. The first-order valence-corrected chi connectivity index (χ1v) is 19.4. The third-order valence-corrected chi connectivity index (χ3v) is 15.1. The fourth-order valence-electron chi connectivity index (χ4n) is 6.16. The number of rotatable bonds is 12. The van der Waals surface area contributed by atoms with E-state index in [0.717, 1.165) is 38.2 Å². The smallest absolute Gasteiger partial charge is 0.305 e. The number of aryl methyl sites for hydroxylation is 3. The van der Waals surface area contributed by atoms with Gasteiger partial charge in [-0.2, -0.15) is 0 Å². The molecule has 0 aromatic heterocycles. The van der Waals surface area contributed by atoms with Crippen molar-refractivity contribution in [2.24, 2.45) is 0 Å². The lowest BCUT2D eigenvalue weighted by molar-refractivity contribution is -0.138. The number of carboxylic acid groups (broad SMARTS) is 1. The second-order valence-electron chi connectivity index (χ2n) is 13.0. The van der Waals surface area contributed by atoms with Crippen molar-refractivity contribution in [3.05, 3.63) is 119 Å². The first-order valence-electron chi connectivity index (χ1n) is 15.2. The molecule has 0 radical (unpaired) electrons. The van der Waals surface area contributed by atoms with Crippen molar-refractivity contribution in [2.75, 3.05) is 12.8 Å². The first kappa shape index (κ1) is 34.5. The molecule has 0 aliphatic rings. The summed E-state index contributed by atoms with van der Waals surface area (Å²) >= 11 is 0. The van der Waals surface area contributed by atoms with Crippen molar-refractivity contribution in [1.29, 1.82) is 0 Å². The van der Waals surface area contributed by atoms with Crippen LogP contribution in [0, 0.1) is 26.6 Å². The highest BCUT2D eigenvalue weighted by molar-refractivity contribution is 7.58. The summed E-state index contributed by atoms with van der Waals surface area (Å²) in [6.07, 6.45) is -1.22. The fourth-order valence-corrected chi connectivity index (χ4v) is 12.4. The van der Waals surface area contributed by atoms with Crippen LogP contribution in [0.3, 0.4) is 0 Å². The van der Waals surface area contributed by atoms with Crippen LogP contribution in [-0.2, 0) is 24.9 Å². The maximum Gasteiger partial charge on any atom is 0.305 e. The first-order chi connectivity index (χ1) is 21.1. The molecule has 0 spiro atoms. The zero-order chi connectivity index (χ0) is 33.0. The Morgan fingerprint density at radius 1 is 0.889 bits per heavy atom. The van der Waals surface area contributed by atoms with E-state index in [9.17, 15) is 18.9 Å². The summed E-state index contributed by atoms with van der Waals surface area (Å²) in [5.41, 5.74) is 5.16. The van der Waals surface area contributed by atoms with Crippen LogP contribution in [0.5, 0.6) is 0 Å². The molecular formula is C37H44FO5PSi. The molecular weight excluding hydrogens is 602 g/mol. The second kappa shape index (κ2) is 14.0. The van der Waals surface area contributed by atoms with Crippen molar-refractivity contribution in [3.8, 4) is 11.1 Å². The van der Waals surface area contributed by atoms with Crippen LogP contribution in [0.15, 0.2) is 91.0 Å². The van der Waals surface area contributed by atoms with Gasteiger partial charge in [-0.15, -0.1) is 0 Å². The molecule has 0 fully saturated rings. The lowest BCUT2D eigenvalue weighted by Crippen LogP contribution is -2.68. The van der Waals surface area contributed by atoms with E-state index in [-0.39, 0.29) is 30.0 Å². The summed E-state index contributed by atoms with van der Waals surface area (Å²) in [5.74, 6) is -1.30. The van der Waals surface area contributed by atoms with Gasteiger partial charge in [0, 0.05) is 6.66 Å². The minimum Gasteiger partial charge on any atom is -0.481 e. The van der Waals surface area contributed by atoms with Gasteiger partial charge >= 0.3 is 5.97 Å². The van der Waals surface area contributed by atoms with Gasteiger partial charge in [-0.05, 0) is 76.1 Å². The predicted molar refractivity (Wildman–Crippen MR) is 184 cm³/mol. The standard InChI is InChI=1S/C37H44FO5PSi/c1-26-20-27(2)34(33(21-26)29-18-19-35(38)28(3)22-29)24-42-44(7,41)25-30(23-36(39)40)43-45(37(4,5)6,31-14-10-8-11-15-31)32-16-12-9-13-17-32/h8-22,30H,23-25H2,1-7H3,(H,39,40)/t30-,44?/m0/s1. The summed E-state index contributed by atoms with van der Waals surface area (Å²) in [5, 5.41) is 11.6. The van der Waals surface area contributed by atoms with Gasteiger partial charge < -0.3 is 14.1 Å². The summed E-state index contributed by atoms with van der Waals surface area (Å²) in [6, 6.07) is 29.0. The Balaban J connectivity index is 1.69. The third kappa shape index (κ3) is 8.09. The molecule has 4 aromatic rings. The van der Waals surface area contributed by atoms with E-state index in [4.69, 9.17) is 8.95 Å². The average Bonchev–Trinajstić information content (AvgIpc) is 2.96. The molecule has 0 heterocycles. The lowest BCUT2D eigenvalue weighted by atomic mass is 9.93. The van der Waals surface area contributed by atoms with Crippen LogP contribution in [-0.4, -0.2) is 38.3 Å². The number of halogens is 1. The van der Waals surface area contributed by atoms with Crippen LogP contribution in [0.1, 0.15) is 49.4 Å². The third-order valence-electron chi connectivity index (χ3n) is 8.27. The molecule has 5 nitrogen and oxygen atoms in total. The molecule has 4 aromatic carbocycles. The molecule has 0 aliphatic carbocycles. The van der Waals surface area contributed by atoms with Gasteiger partial charge in [-0.1, -0.05) is 105 Å². The SMILES string of the molecule is Cc1cc(C)c(COP(C)(=O)C[C@H](CC(=O)O)O[Si](c2ccccc2)(c2ccccc2)C(C)(C)C)c(-c2ccc(F)c(C)c2)c1. The van der Waals surface area contributed by atoms with Crippen LogP contribution >= 0.6 is 7.37 Å². The van der Waals surface area contributed by atoms with Crippen LogP contribution in [0.4, 0.5) is 4.39 Å². The molecule has 0 bridgehead atoms. The zero-order valence-corrected chi connectivity index (χ0v) is 29.2. The van der Waals surface area contributed by atoms with Crippen molar-refractivity contribution in [3.63, 3.8) is 0 Å².